The molecule has 0 bridgehead atoms. The Balaban J connectivity index is -0.00000000500. The Labute approximate surface area is 49.9 Å². The topological polar surface area (TPSA) is 17.1 Å². The van der Waals surface area contributed by atoms with Gasteiger partial charge in [-0.05, 0) is 0 Å². The van der Waals surface area contributed by atoms with Gasteiger partial charge in [-0.25, -0.2) is 0 Å². The molecule has 0 fully saturated rings. The zero-order valence-corrected chi connectivity index (χ0v) is 5.10. The fourth-order valence-corrected chi connectivity index (χ4v) is 0. The zero-order valence-electron chi connectivity index (χ0n) is 1.97. The van der Waals surface area contributed by atoms with Crippen molar-refractivity contribution in [1.29, 1.82) is 0 Å². The molecule has 0 aromatic heterocycles. The summed E-state index contributed by atoms with van der Waals surface area (Å²) in [4.78, 5) is 0. The monoisotopic (exact) mass is 106 g/mol. The molecule has 0 spiro atoms. The molecule has 0 rings (SSSR count). The predicted molar refractivity (Wildman–Crippen MR) is 19.4 cm³/mol. The maximum absolute atomic E-state index is 8.17. The van der Waals surface area contributed by atoms with Crippen molar-refractivity contribution in [3.63, 3.8) is 0 Å². The molecule has 0 amide bonds. The van der Waals surface area contributed by atoms with Crippen LogP contribution in [-0.2, 0) is 3.80 Å². The van der Waals surface area contributed by atoms with E-state index in [9.17, 15) is 0 Å². The van der Waals surface area contributed by atoms with Crippen LogP contribution in [0.2, 0.25) is 0 Å². The molecule has 4 heteroatoms. The minimum atomic E-state index is 0. The Bertz CT molecular complexity index is 6.00. The van der Waals surface area contributed by atoms with Crippen molar-refractivity contribution in [1.82, 2.24) is 0 Å². The second-order valence-corrected chi connectivity index (χ2v) is 0. The van der Waals surface area contributed by atoms with Crippen LogP contribution >= 0.6 is 12.4 Å². The molecule has 0 aliphatic carbocycles. The van der Waals surface area contributed by atoms with Crippen LogP contribution in [0.25, 0.3) is 0 Å². The van der Waals surface area contributed by atoms with Gasteiger partial charge in [-0.2, -0.15) is 0 Å². The summed E-state index contributed by atoms with van der Waals surface area (Å²) in [7, 11) is 0. The molecule has 0 unspecified atom stereocenters. The van der Waals surface area contributed by atoms with Crippen molar-refractivity contribution in [2.24, 2.45) is 0 Å². The van der Waals surface area contributed by atoms with Crippen LogP contribution in [0, 0.1) is 0 Å². The summed E-state index contributed by atoms with van der Waals surface area (Å²) in [6, 6.07) is 0. The van der Waals surface area contributed by atoms with E-state index in [1.54, 1.807) is 0 Å². The molecule has 0 saturated carbocycles. The van der Waals surface area contributed by atoms with Gasteiger partial charge < -0.3 is 0 Å². The summed E-state index contributed by atoms with van der Waals surface area (Å²) >= 11 is 1.17. The molecule has 0 atom stereocenters. The number of hydrogen-bond acceptors (Lipinski definition) is 1. The number of halogens is 1. The van der Waals surface area contributed by atoms with Crippen LogP contribution < -0.4 is 0 Å². The molecule has 1 nitrogen and oxygen atoms in total. The SMILES string of the molecule is Cl.[Al].[O]=[Al]. The van der Waals surface area contributed by atoms with E-state index in [0.717, 1.165) is 0 Å². The molecule has 4 radical (unpaired) electrons. The van der Waals surface area contributed by atoms with E-state index in [2.05, 4.69) is 0 Å². The fraction of sp³-hybridized carbons (Fsp3) is 0. The van der Waals surface area contributed by atoms with Crippen LogP contribution in [0.5, 0.6) is 0 Å². The number of rotatable bonds is 0. The summed E-state index contributed by atoms with van der Waals surface area (Å²) in [5, 5.41) is 0. The van der Waals surface area contributed by atoms with Crippen molar-refractivity contribution in [3.05, 3.63) is 0 Å². The first-order valence-electron chi connectivity index (χ1n) is 0.236. The Morgan fingerprint density at radius 2 is 1.25 bits per heavy atom. The summed E-state index contributed by atoms with van der Waals surface area (Å²) in [5.41, 5.74) is 0. The minimum absolute atomic E-state index is 0. The van der Waals surface area contributed by atoms with Gasteiger partial charge >= 0.3 is 20.0 Å². The van der Waals surface area contributed by atoms with E-state index < -0.39 is 0 Å². The molecule has 0 aliphatic rings. The Morgan fingerprint density at radius 3 is 1.25 bits per heavy atom. The third-order valence-corrected chi connectivity index (χ3v) is 0. The van der Waals surface area contributed by atoms with E-state index in [-0.39, 0.29) is 29.8 Å². The average molecular weight is 106 g/mol. The van der Waals surface area contributed by atoms with Gasteiger partial charge in [-0.3, -0.25) is 0 Å². The summed E-state index contributed by atoms with van der Waals surface area (Å²) in [6.45, 7) is 0. The van der Waals surface area contributed by atoms with Crippen molar-refractivity contribution >= 4 is 46.0 Å². The summed E-state index contributed by atoms with van der Waals surface area (Å²) in [6.07, 6.45) is 0. The van der Waals surface area contributed by atoms with Crippen LogP contribution in [-0.4, -0.2) is 33.6 Å². The van der Waals surface area contributed by atoms with Gasteiger partial charge in [0.1, 0.15) is 0 Å². The van der Waals surface area contributed by atoms with Gasteiger partial charge in [0.05, 0.1) is 0 Å². The van der Waals surface area contributed by atoms with E-state index >= 15 is 0 Å². The standard InChI is InChI=1S/2Al.ClH.O/h;;1H;. The van der Waals surface area contributed by atoms with Gasteiger partial charge in [0.2, 0.25) is 0 Å². The van der Waals surface area contributed by atoms with Crippen LogP contribution in [0.15, 0.2) is 0 Å². The normalized spacial score (nSPS) is 0.750. The molecule has 0 aromatic carbocycles. The molecule has 20 valence electrons. The molecule has 0 aliphatic heterocycles. The van der Waals surface area contributed by atoms with Crippen molar-refractivity contribution in [3.8, 4) is 0 Å². The molecule has 0 N–H and O–H groups in total. The van der Waals surface area contributed by atoms with Gasteiger partial charge in [-0.1, -0.05) is 0 Å². The van der Waals surface area contributed by atoms with Crippen LogP contribution in [0.4, 0.5) is 0 Å². The third-order valence-electron chi connectivity index (χ3n) is 0. The van der Waals surface area contributed by atoms with Crippen LogP contribution in [0.3, 0.4) is 0 Å². The van der Waals surface area contributed by atoms with Gasteiger partial charge in [0, 0.05) is 17.4 Å². The van der Waals surface area contributed by atoms with Gasteiger partial charge in [0.25, 0.3) is 0 Å². The molecule has 4 heavy (non-hydrogen) atoms. The van der Waals surface area contributed by atoms with Gasteiger partial charge in [-0.15, -0.1) is 12.4 Å². The quantitative estimate of drug-likeness (QED) is 0.382. The van der Waals surface area contributed by atoms with Crippen molar-refractivity contribution in [2.45, 2.75) is 0 Å². The second kappa shape index (κ2) is 31.0. The van der Waals surface area contributed by atoms with Gasteiger partial charge in [0.15, 0.2) is 0 Å². The fourth-order valence-electron chi connectivity index (χ4n) is 0. The predicted octanol–water partition coefficient (Wildman–Crippen LogP) is -0.459. The Morgan fingerprint density at radius 1 is 1.25 bits per heavy atom. The second-order valence-electron chi connectivity index (χ2n) is 0. The van der Waals surface area contributed by atoms with Crippen molar-refractivity contribution in [2.75, 3.05) is 0 Å². The van der Waals surface area contributed by atoms with E-state index in [1.165, 1.54) is 16.2 Å². The zero-order chi connectivity index (χ0) is 2.00. The average Bonchev–Trinajstić information content (AvgIpc) is 1.00. The number of hydrogen-bond donors (Lipinski definition) is 0. The summed E-state index contributed by atoms with van der Waals surface area (Å²) in [5.74, 6) is 0. The van der Waals surface area contributed by atoms with E-state index in [1.807, 2.05) is 0 Å². The van der Waals surface area contributed by atoms with E-state index in [4.69, 9.17) is 3.80 Å². The first-order chi connectivity index (χ1) is 1.00. The first kappa shape index (κ1) is 19.2. The van der Waals surface area contributed by atoms with Crippen LogP contribution in [0.1, 0.15) is 0 Å². The Kier molecular flexibility index (Phi) is 149. The molecule has 0 saturated heterocycles. The molecular formula is HAl2ClO. The molecule has 0 aromatic rings. The maximum atomic E-state index is 8.17. The Hall–Kier alpha value is 1.15. The molecule has 0 heterocycles. The molecular weight excluding hydrogens is 105 g/mol. The summed E-state index contributed by atoms with van der Waals surface area (Å²) < 4.78 is 8.17. The van der Waals surface area contributed by atoms with Crippen molar-refractivity contribution < 1.29 is 3.80 Å². The first-order valence-corrected chi connectivity index (χ1v) is 0.707. The van der Waals surface area contributed by atoms with E-state index in [0.29, 0.717) is 0 Å². The third kappa shape index (κ3) is 11.0.